The van der Waals surface area contributed by atoms with E-state index in [0.29, 0.717) is 11.6 Å². The van der Waals surface area contributed by atoms with Gasteiger partial charge >= 0.3 is 0 Å². The van der Waals surface area contributed by atoms with Crippen molar-refractivity contribution in [1.82, 2.24) is 5.32 Å². The third-order valence-corrected chi connectivity index (χ3v) is 3.36. The molecule has 0 bridgehead atoms. The first-order valence-corrected chi connectivity index (χ1v) is 7.06. The minimum Gasteiger partial charge on any atom is -0.379 e. The lowest BCUT2D eigenvalue weighted by atomic mass is 10.2. The van der Waals surface area contributed by atoms with E-state index in [4.69, 9.17) is 0 Å². The van der Waals surface area contributed by atoms with Crippen LogP contribution in [0.2, 0.25) is 0 Å². The van der Waals surface area contributed by atoms with Gasteiger partial charge in [0.25, 0.3) is 5.69 Å². The van der Waals surface area contributed by atoms with Crippen LogP contribution < -0.4 is 15.5 Å². The number of rotatable bonds is 5. The van der Waals surface area contributed by atoms with Crippen molar-refractivity contribution in [2.75, 3.05) is 42.9 Å². The van der Waals surface area contributed by atoms with Crippen LogP contribution in [0.25, 0.3) is 0 Å². The van der Waals surface area contributed by atoms with Crippen LogP contribution in [0, 0.1) is 16.0 Å². The zero-order valence-corrected chi connectivity index (χ0v) is 13.3. The Kier molecular flexibility index (Phi) is 6.71. The molecule has 0 radical (unpaired) electrons. The van der Waals surface area contributed by atoms with Crippen molar-refractivity contribution in [2.45, 2.75) is 13.8 Å². The SMILES string of the molecule is CC(C)CNc1cc(N2CCNCC2)ccc1[N+](=O)[O-].Cl. The summed E-state index contributed by atoms with van der Waals surface area (Å²) in [7, 11) is 0. The van der Waals surface area contributed by atoms with Crippen LogP contribution in [-0.4, -0.2) is 37.6 Å². The van der Waals surface area contributed by atoms with Crippen LogP contribution in [0.4, 0.5) is 17.1 Å². The van der Waals surface area contributed by atoms with Crippen molar-refractivity contribution in [1.29, 1.82) is 0 Å². The van der Waals surface area contributed by atoms with Crippen molar-refractivity contribution < 1.29 is 4.92 Å². The average Bonchev–Trinajstić information content (AvgIpc) is 2.45. The third-order valence-electron chi connectivity index (χ3n) is 3.36. The van der Waals surface area contributed by atoms with E-state index in [9.17, 15) is 10.1 Å². The van der Waals surface area contributed by atoms with Crippen molar-refractivity contribution in [3.05, 3.63) is 28.3 Å². The summed E-state index contributed by atoms with van der Waals surface area (Å²) in [6.45, 7) is 8.66. The van der Waals surface area contributed by atoms with E-state index < -0.39 is 0 Å². The van der Waals surface area contributed by atoms with Gasteiger partial charge in [-0.25, -0.2) is 0 Å². The third kappa shape index (κ3) is 4.75. The van der Waals surface area contributed by atoms with Crippen LogP contribution in [0.5, 0.6) is 0 Å². The number of benzene rings is 1. The second kappa shape index (κ2) is 8.05. The fourth-order valence-corrected chi connectivity index (χ4v) is 2.26. The number of piperazine rings is 1. The molecule has 1 fully saturated rings. The summed E-state index contributed by atoms with van der Waals surface area (Å²) < 4.78 is 0. The first-order valence-electron chi connectivity index (χ1n) is 7.06. The topological polar surface area (TPSA) is 70.4 Å². The molecule has 1 saturated heterocycles. The minimum atomic E-state index is -0.329. The predicted molar refractivity (Wildman–Crippen MR) is 88.8 cm³/mol. The average molecular weight is 315 g/mol. The molecular weight excluding hydrogens is 292 g/mol. The first-order chi connectivity index (χ1) is 9.58. The van der Waals surface area contributed by atoms with E-state index in [1.54, 1.807) is 6.07 Å². The Morgan fingerprint density at radius 2 is 2.05 bits per heavy atom. The molecule has 6 nitrogen and oxygen atoms in total. The number of anilines is 2. The maximum atomic E-state index is 11.1. The fraction of sp³-hybridized carbons (Fsp3) is 0.571. The van der Waals surface area contributed by atoms with Gasteiger partial charge in [-0.2, -0.15) is 0 Å². The van der Waals surface area contributed by atoms with Gasteiger partial charge in [-0.1, -0.05) is 13.8 Å². The van der Waals surface area contributed by atoms with Crippen molar-refractivity contribution in [3.8, 4) is 0 Å². The van der Waals surface area contributed by atoms with Gasteiger partial charge in [-0.05, 0) is 18.1 Å². The summed E-state index contributed by atoms with van der Waals surface area (Å²) in [5.74, 6) is 0.442. The Bertz CT molecular complexity index is 476. The first kappa shape index (κ1) is 17.5. The molecule has 1 aliphatic heterocycles. The summed E-state index contributed by atoms with van der Waals surface area (Å²) in [5, 5.41) is 17.6. The molecule has 1 aliphatic rings. The Labute approximate surface area is 131 Å². The zero-order valence-electron chi connectivity index (χ0n) is 12.5. The maximum Gasteiger partial charge on any atom is 0.292 e. The lowest BCUT2D eigenvalue weighted by molar-refractivity contribution is -0.383. The summed E-state index contributed by atoms with van der Waals surface area (Å²) >= 11 is 0. The number of hydrogen-bond donors (Lipinski definition) is 2. The molecule has 2 rings (SSSR count). The summed E-state index contributed by atoms with van der Waals surface area (Å²) in [4.78, 5) is 13.0. The molecule has 21 heavy (non-hydrogen) atoms. The van der Waals surface area contributed by atoms with Crippen LogP contribution >= 0.6 is 12.4 Å². The van der Waals surface area contributed by atoms with Crippen LogP contribution in [-0.2, 0) is 0 Å². The quantitative estimate of drug-likeness (QED) is 0.645. The molecule has 0 saturated carbocycles. The highest BCUT2D eigenvalue weighted by molar-refractivity contribution is 5.85. The predicted octanol–water partition coefficient (Wildman–Crippen LogP) is 2.49. The van der Waals surface area contributed by atoms with Crippen LogP contribution in [0.1, 0.15) is 13.8 Å². The zero-order chi connectivity index (χ0) is 14.5. The molecule has 0 spiro atoms. The van der Waals surface area contributed by atoms with Crippen LogP contribution in [0.15, 0.2) is 18.2 Å². The molecule has 1 heterocycles. The number of halogens is 1. The lowest BCUT2D eigenvalue weighted by Gasteiger charge is -2.29. The summed E-state index contributed by atoms with van der Waals surface area (Å²) in [6.07, 6.45) is 0. The highest BCUT2D eigenvalue weighted by Gasteiger charge is 2.17. The Balaban J connectivity index is 0.00000220. The smallest absolute Gasteiger partial charge is 0.292 e. The van der Waals surface area contributed by atoms with Crippen LogP contribution in [0.3, 0.4) is 0 Å². The standard InChI is InChI=1S/C14H22N4O2.ClH/c1-11(2)10-16-13-9-12(3-4-14(13)18(19)20)17-7-5-15-6-8-17;/h3-4,9,11,15-16H,5-8,10H2,1-2H3;1H. The van der Waals surface area contributed by atoms with Gasteiger partial charge in [0.2, 0.25) is 0 Å². The van der Waals surface area contributed by atoms with Gasteiger partial charge in [0.1, 0.15) is 5.69 Å². The highest BCUT2D eigenvalue weighted by atomic mass is 35.5. The van der Waals surface area contributed by atoms with Crippen molar-refractivity contribution >= 4 is 29.5 Å². The number of nitrogens with zero attached hydrogens (tertiary/aromatic N) is 2. The fourth-order valence-electron chi connectivity index (χ4n) is 2.26. The molecule has 2 N–H and O–H groups in total. The molecule has 118 valence electrons. The number of nitro benzene ring substituents is 1. The van der Waals surface area contributed by atoms with Gasteiger partial charge in [0.15, 0.2) is 0 Å². The molecule has 0 atom stereocenters. The Morgan fingerprint density at radius 1 is 1.38 bits per heavy atom. The van der Waals surface area contributed by atoms with Crippen molar-refractivity contribution in [2.24, 2.45) is 5.92 Å². The molecule has 1 aromatic carbocycles. The van der Waals surface area contributed by atoms with E-state index in [1.807, 2.05) is 12.1 Å². The highest BCUT2D eigenvalue weighted by Crippen LogP contribution is 2.29. The normalized spacial score (nSPS) is 14.7. The van der Waals surface area contributed by atoms with E-state index >= 15 is 0 Å². The largest absolute Gasteiger partial charge is 0.379 e. The Morgan fingerprint density at radius 3 is 2.62 bits per heavy atom. The van der Waals surface area contributed by atoms with Gasteiger partial charge in [-0.3, -0.25) is 10.1 Å². The van der Waals surface area contributed by atoms with Gasteiger partial charge in [0, 0.05) is 44.5 Å². The molecule has 0 unspecified atom stereocenters. The van der Waals surface area contributed by atoms with E-state index in [1.165, 1.54) is 0 Å². The van der Waals surface area contributed by atoms with Gasteiger partial charge in [0.05, 0.1) is 4.92 Å². The summed E-state index contributed by atoms with van der Waals surface area (Å²) in [5.41, 5.74) is 1.80. The van der Waals surface area contributed by atoms with Gasteiger partial charge in [-0.15, -0.1) is 12.4 Å². The molecule has 7 heteroatoms. The van der Waals surface area contributed by atoms with Crippen molar-refractivity contribution in [3.63, 3.8) is 0 Å². The molecule has 0 amide bonds. The van der Waals surface area contributed by atoms with Gasteiger partial charge < -0.3 is 15.5 Å². The number of hydrogen-bond acceptors (Lipinski definition) is 5. The summed E-state index contributed by atoms with van der Waals surface area (Å²) in [6, 6.07) is 5.33. The molecule has 1 aromatic rings. The monoisotopic (exact) mass is 314 g/mol. The van der Waals surface area contributed by atoms with E-state index in [0.717, 1.165) is 38.4 Å². The molecule has 0 aliphatic carbocycles. The number of nitrogens with one attached hydrogen (secondary N) is 2. The van der Waals surface area contributed by atoms with E-state index in [2.05, 4.69) is 29.4 Å². The minimum absolute atomic E-state index is 0. The molecular formula is C14H23ClN4O2. The Hall–Kier alpha value is -1.53. The maximum absolute atomic E-state index is 11.1. The van der Waals surface area contributed by atoms with E-state index in [-0.39, 0.29) is 23.0 Å². The second-order valence-electron chi connectivity index (χ2n) is 5.47. The number of nitro groups is 1. The lowest BCUT2D eigenvalue weighted by Crippen LogP contribution is -2.43. The second-order valence-corrected chi connectivity index (χ2v) is 5.47. The molecule has 0 aromatic heterocycles.